The highest BCUT2D eigenvalue weighted by Gasteiger charge is 2.28. The van der Waals surface area contributed by atoms with Gasteiger partial charge in [-0.3, -0.25) is 9.78 Å². The molecule has 4 nitrogen and oxygen atoms in total. The van der Waals surface area contributed by atoms with Crippen molar-refractivity contribution in [1.29, 1.82) is 0 Å². The van der Waals surface area contributed by atoms with Crippen LogP contribution in [0.1, 0.15) is 17.4 Å². The lowest BCUT2D eigenvalue weighted by Gasteiger charge is -2.10. The lowest BCUT2D eigenvalue weighted by atomic mass is 10.1. The zero-order valence-corrected chi connectivity index (χ0v) is 11.0. The number of carbonyl (C=O) groups is 1. The number of benzene rings is 1. The van der Waals surface area contributed by atoms with Gasteiger partial charge in [-0.25, -0.2) is 4.98 Å². The summed E-state index contributed by atoms with van der Waals surface area (Å²) in [5, 5.41) is 0. The molecule has 0 fully saturated rings. The monoisotopic (exact) mass is 296 g/mol. The molecular formula is C14H11F3N2O2. The minimum atomic E-state index is -4.38. The Hall–Kier alpha value is -2.44. The molecule has 0 unspecified atom stereocenters. The summed E-state index contributed by atoms with van der Waals surface area (Å²) in [4.78, 5) is 19.5. The maximum Gasteiger partial charge on any atom is 0.422 e. The van der Waals surface area contributed by atoms with Crippen molar-refractivity contribution in [3.8, 4) is 17.0 Å². The summed E-state index contributed by atoms with van der Waals surface area (Å²) >= 11 is 0. The molecule has 2 rings (SSSR count). The van der Waals surface area contributed by atoms with Crippen LogP contribution in [0.15, 0.2) is 36.7 Å². The minimum Gasteiger partial charge on any atom is -0.484 e. The predicted molar refractivity (Wildman–Crippen MR) is 69.0 cm³/mol. The number of aromatic nitrogens is 2. The Morgan fingerprint density at radius 1 is 1.14 bits per heavy atom. The van der Waals surface area contributed by atoms with Crippen LogP contribution in [0.4, 0.5) is 13.2 Å². The number of alkyl halides is 3. The van der Waals surface area contributed by atoms with Crippen molar-refractivity contribution in [3.63, 3.8) is 0 Å². The van der Waals surface area contributed by atoms with Crippen LogP contribution in [0.2, 0.25) is 0 Å². The van der Waals surface area contributed by atoms with Gasteiger partial charge >= 0.3 is 6.18 Å². The van der Waals surface area contributed by atoms with Gasteiger partial charge in [0.1, 0.15) is 11.4 Å². The molecule has 21 heavy (non-hydrogen) atoms. The second-order valence-corrected chi connectivity index (χ2v) is 4.24. The summed E-state index contributed by atoms with van der Waals surface area (Å²) < 4.78 is 40.8. The van der Waals surface area contributed by atoms with E-state index in [1.165, 1.54) is 43.6 Å². The molecule has 0 saturated carbocycles. The third-order valence-corrected chi connectivity index (χ3v) is 2.56. The molecule has 110 valence electrons. The van der Waals surface area contributed by atoms with Crippen LogP contribution in [0.25, 0.3) is 11.3 Å². The first-order valence-electron chi connectivity index (χ1n) is 5.99. The Bertz CT molecular complexity index is 639. The largest absolute Gasteiger partial charge is 0.484 e. The van der Waals surface area contributed by atoms with Gasteiger partial charge in [0.15, 0.2) is 12.4 Å². The summed E-state index contributed by atoms with van der Waals surface area (Å²) in [5.41, 5.74) is 1.17. The molecule has 2 aromatic rings. The second kappa shape index (κ2) is 5.90. The summed E-state index contributed by atoms with van der Waals surface area (Å²) in [6.07, 6.45) is -1.54. The molecule has 0 spiro atoms. The number of rotatable bonds is 4. The summed E-state index contributed by atoms with van der Waals surface area (Å²) in [5.74, 6) is -0.153. The molecule has 0 amide bonds. The van der Waals surface area contributed by atoms with E-state index in [1.807, 2.05) is 0 Å². The molecule has 0 aliphatic rings. The predicted octanol–water partition coefficient (Wildman–Crippen LogP) is 3.29. The number of ketones is 1. The van der Waals surface area contributed by atoms with Crippen LogP contribution in [0, 0.1) is 0 Å². The SMILES string of the molecule is CC(=O)c1nccnc1-c1ccc(OCC(F)(F)F)cc1. The fourth-order valence-electron chi connectivity index (χ4n) is 1.68. The summed E-state index contributed by atoms with van der Waals surface area (Å²) in [7, 11) is 0. The first-order valence-corrected chi connectivity index (χ1v) is 5.99. The molecule has 0 aliphatic heterocycles. The van der Waals surface area contributed by atoms with E-state index in [2.05, 4.69) is 14.7 Å². The highest BCUT2D eigenvalue weighted by atomic mass is 19.4. The molecule has 7 heteroatoms. The average molecular weight is 296 g/mol. The van der Waals surface area contributed by atoms with Crippen molar-refractivity contribution in [2.45, 2.75) is 13.1 Å². The Kier molecular flexibility index (Phi) is 4.21. The molecule has 0 bridgehead atoms. The van der Waals surface area contributed by atoms with Crippen LogP contribution in [-0.2, 0) is 0 Å². The Morgan fingerprint density at radius 3 is 2.33 bits per heavy atom. The quantitative estimate of drug-likeness (QED) is 0.812. The zero-order valence-electron chi connectivity index (χ0n) is 11.0. The number of halogens is 3. The van der Waals surface area contributed by atoms with E-state index in [0.29, 0.717) is 11.3 Å². The number of nitrogens with zero attached hydrogens (tertiary/aromatic N) is 2. The average Bonchev–Trinajstić information content (AvgIpc) is 2.45. The number of ether oxygens (including phenoxy) is 1. The van der Waals surface area contributed by atoms with Crippen molar-refractivity contribution < 1.29 is 22.7 Å². The standard InChI is InChI=1S/C14H11F3N2O2/c1-9(20)12-13(19-7-6-18-12)10-2-4-11(5-3-10)21-8-14(15,16)17/h2-7H,8H2,1H3. The molecule has 0 N–H and O–H groups in total. The molecule has 0 radical (unpaired) electrons. The summed E-state index contributed by atoms with van der Waals surface area (Å²) in [6.45, 7) is 0.0184. The maximum absolute atomic E-state index is 12.0. The van der Waals surface area contributed by atoms with Crippen LogP contribution in [0.5, 0.6) is 5.75 Å². The Balaban J connectivity index is 2.22. The van der Waals surface area contributed by atoms with Crippen molar-refractivity contribution in [1.82, 2.24) is 9.97 Å². The Morgan fingerprint density at radius 2 is 1.76 bits per heavy atom. The van der Waals surface area contributed by atoms with E-state index in [4.69, 9.17) is 0 Å². The van der Waals surface area contributed by atoms with Crippen molar-refractivity contribution in [2.24, 2.45) is 0 Å². The van der Waals surface area contributed by atoms with Crippen molar-refractivity contribution in [2.75, 3.05) is 6.61 Å². The molecular weight excluding hydrogens is 285 g/mol. The smallest absolute Gasteiger partial charge is 0.422 e. The molecule has 1 aromatic heterocycles. The van der Waals surface area contributed by atoms with E-state index < -0.39 is 12.8 Å². The summed E-state index contributed by atoms with van der Waals surface area (Å²) in [6, 6.07) is 5.84. The fraction of sp³-hybridized carbons (Fsp3) is 0.214. The van der Waals surface area contributed by atoms with E-state index in [9.17, 15) is 18.0 Å². The first kappa shape index (κ1) is 15.0. The van der Waals surface area contributed by atoms with Gasteiger partial charge in [-0.2, -0.15) is 13.2 Å². The van der Waals surface area contributed by atoms with Crippen LogP contribution >= 0.6 is 0 Å². The third kappa shape index (κ3) is 4.01. The molecule has 0 saturated heterocycles. The van der Waals surface area contributed by atoms with Crippen LogP contribution in [-0.4, -0.2) is 28.5 Å². The highest BCUT2D eigenvalue weighted by Crippen LogP contribution is 2.24. The molecule has 0 aliphatic carbocycles. The number of carbonyl (C=O) groups excluding carboxylic acids is 1. The van der Waals surface area contributed by atoms with Crippen LogP contribution in [0.3, 0.4) is 0 Å². The second-order valence-electron chi connectivity index (χ2n) is 4.24. The topological polar surface area (TPSA) is 52.1 Å². The lowest BCUT2D eigenvalue weighted by molar-refractivity contribution is -0.153. The lowest BCUT2D eigenvalue weighted by Crippen LogP contribution is -2.19. The van der Waals surface area contributed by atoms with Gasteiger partial charge in [0.2, 0.25) is 0 Å². The maximum atomic E-state index is 12.0. The number of Topliss-reactive ketones (excluding diaryl/α,β-unsaturated/α-hetero) is 1. The number of hydrogen-bond acceptors (Lipinski definition) is 4. The Labute approximate surface area is 118 Å². The zero-order chi connectivity index (χ0) is 15.5. The van der Waals surface area contributed by atoms with E-state index in [-0.39, 0.29) is 17.2 Å². The fourth-order valence-corrected chi connectivity index (χ4v) is 1.68. The highest BCUT2D eigenvalue weighted by molar-refractivity contribution is 5.97. The minimum absolute atomic E-state index is 0.0874. The van der Waals surface area contributed by atoms with Gasteiger partial charge in [0, 0.05) is 24.9 Å². The van der Waals surface area contributed by atoms with E-state index >= 15 is 0 Å². The van der Waals surface area contributed by atoms with Crippen molar-refractivity contribution in [3.05, 3.63) is 42.4 Å². The van der Waals surface area contributed by atoms with Gasteiger partial charge in [-0.15, -0.1) is 0 Å². The number of hydrogen-bond donors (Lipinski definition) is 0. The van der Waals surface area contributed by atoms with Gasteiger partial charge in [0.05, 0.1) is 5.69 Å². The van der Waals surface area contributed by atoms with Gasteiger partial charge in [0.25, 0.3) is 0 Å². The van der Waals surface area contributed by atoms with Crippen molar-refractivity contribution >= 4 is 5.78 Å². The van der Waals surface area contributed by atoms with Gasteiger partial charge < -0.3 is 4.74 Å². The first-order chi connectivity index (χ1) is 9.87. The molecule has 1 heterocycles. The molecule has 0 atom stereocenters. The third-order valence-electron chi connectivity index (χ3n) is 2.56. The van der Waals surface area contributed by atoms with Crippen LogP contribution < -0.4 is 4.74 Å². The van der Waals surface area contributed by atoms with Gasteiger partial charge in [-0.1, -0.05) is 0 Å². The van der Waals surface area contributed by atoms with E-state index in [0.717, 1.165) is 0 Å². The van der Waals surface area contributed by atoms with E-state index in [1.54, 1.807) is 0 Å². The normalized spacial score (nSPS) is 11.2. The van der Waals surface area contributed by atoms with Gasteiger partial charge in [-0.05, 0) is 24.3 Å². The molecule has 1 aromatic carbocycles.